The summed E-state index contributed by atoms with van der Waals surface area (Å²) in [4.78, 5) is 41.8. The van der Waals surface area contributed by atoms with Crippen LogP contribution in [0.1, 0.15) is 27.5 Å². The third kappa shape index (κ3) is 4.91. The van der Waals surface area contributed by atoms with Gasteiger partial charge in [0.25, 0.3) is 11.7 Å². The number of hydrogen-bond donors (Lipinski definition) is 1. The molecule has 1 N–H and O–H groups in total. The summed E-state index contributed by atoms with van der Waals surface area (Å²) in [7, 11) is 1.30. The maximum atomic E-state index is 13.1. The molecule has 2 aromatic rings. The van der Waals surface area contributed by atoms with Crippen LogP contribution in [-0.4, -0.2) is 79.1 Å². The SMILES string of the molecule is COC(=O)c1ccc(C2C(=C(O)c3ccc(Br)cc3)C(=O)C(=O)N2CCN2CCOCC2)cc1. The van der Waals surface area contributed by atoms with Crippen molar-refractivity contribution in [1.29, 1.82) is 0 Å². The number of likely N-dealkylation sites (tertiary alicyclic amines) is 1. The van der Waals surface area contributed by atoms with Gasteiger partial charge in [-0.2, -0.15) is 0 Å². The number of ketones is 1. The first kappa shape index (κ1) is 24.1. The van der Waals surface area contributed by atoms with E-state index < -0.39 is 23.7 Å². The number of rotatable bonds is 6. The number of halogens is 1. The number of amides is 1. The average molecular weight is 529 g/mol. The lowest BCUT2D eigenvalue weighted by molar-refractivity contribution is -0.140. The second-order valence-corrected chi connectivity index (χ2v) is 8.98. The summed E-state index contributed by atoms with van der Waals surface area (Å²) >= 11 is 3.36. The molecule has 0 bridgehead atoms. The number of morpholine rings is 1. The van der Waals surface area contributed by atoms with Gasteiger partial charge in [0, 0.05) is 36.2 Å². The molecule has 0 saturated carbocycles. The Bertz CT molecular complexity index is 1110. The first-order valence-electron chi connectivity index (χ1n) is 10.9. The number of aliphatic hydroxyl groups excluding tert-OH is 1. The molecule has 2 aromatic carbocycles. The maximum Gasteiger partial charge on any atom is 0.337 e. The molecule has 2 aliphatic rings. The van der Waals surface area contributed by atoms with Crippen molar-refractivity contribution in [1.82, 2.24) is 9.80 Å². The first-order valence-corrected chi connectivity index (χ1v) is 11.7. The Labute approximate surface area is 205 Å². The highest BCUT2D eigenvalue weighted by Gasteiger charge is 2.46. The van der Waals surface area contributed by atoms with E-state index in [1.807, 2.05) is 0 Å². The molecule has 2 aliphatic heterocycles. The lowest BCUT2D eigenvalue weighted by Gasteiger charge is -2.31. The van der Waals surface area contributed by atoms with Gasteiger partial charge in [0.15, 0.2) is 0 Å². The number of esters is 1. The van der Waals surface area contributed by atoms with Crippen LogP contribution in [-0.2, 0) is 19.1 Å². The van der Waals surface area contributed by atoms with Gasteiger partial charge in [-0.3, -0.25) is 14.5 Å². The predicted molar refractivity (Wildman–Crippen MR) is 128 cm³/mol. The van der Waals surface area contributed by atoms with E-state index in [-0.39, 0.29) is 11.3 Å². The number of methoxy groups -OCH3 is 1. The molecule has 0 radical (unpaired) electrons. The fraction of sp³-hybridized carbons (Fsp3) is 0.320. The number of benzene rings is 2. The Kier molecular flexibility index (Phi) is 7.45. The van der Waals surface area contributed by atoms with Crippen molar-refractivity contribution < 1.29 is 29.0 Å². The molecule has 1 unspecified atom stereocenters. The average Bonchev–Trinajstić information content (AvgIpc) is 3.12. The molecular formula is C25H25BrN2O6. The van der Waals surface area contributed by atoms with E-state index in [9.17, 15) is 19.5 Å². The van der Waals surface area contributed by atoms with Crippen LogP contribution in [0, 0.1) is 0 Å². The molecule has 0 aliphatic carbocycles. The quantitative estimate of drug-likeness (QED) is 0.266. The number of hydrogen-bond acceptors (Lipinski definition) is 7. The van der Waals surface area contributed by atoms with Crippen molar-refractivity contribution in [2.24, 2.45) is 0 Å². The molecule has 178 valence electrons. The summed E-state index contributed by atoms with van der Waals surface area (Å²) in [5.41, 5.74) is 1.43. The smallest absolute Gasteiger partial charge is 0.337 e. The molecule has 34 heavy (non-hydrogen) atoms. The van der Waals surface area contributed by atoms with Crippen LogP contribution in [0.4, 0.5) is 0 Å². The molecule has 0 aromatic heterocycles. The zero-order valence-electron chi connectivity index (χ0n) is 18.7. The number of ether oxygens (including phenoxy) is 2. The summed E-state index contributed by atoms with van der Waals surface area (Å²) in [6.45, 7) is 3.64. The van der Waals surface area contributed by atoms with Crippen LogP contribution in [0.15, 0.2) is 58.6 Å². The summed E-state index contributed by atoms with van der Waals surface area (Å²) in [5.74, 6) is -2.11. The van der Waals surface area contributed by atoms with Crippen molar-refractivity contribution >= 4 is 39.3 Å². The van der Waals surface area contributed by atoms with Gasteiger partial charge in [0.1, 0.15) is 5.76 Å². The van der Waals surface area contributed by atoms with Crippen LogP contribution < -0.4 is 0 Å². The highest BCUT2D eigenvalue weighted by Crippen LogP contribution is 2.39. The predicted octanol–water partition coefficient (Wildman–Crippen LogP) is 2.99. The van der Waals surface area contributed by atoms with Gasteiger partial charge < -0.3 is 19.5 Å². The van der Waals surface area contributed by atoms with Gasteiger partial charge in [0.2, 0.25) is 0 Å². The summed E-state index contributed by atoms with van der Waals surface area (Å²) < 4.78 is 11.0. The minimum absolute atomic E-state index is 0.0279. The van der Waals surface area contributed by atoms with Gasteiger partial charge in [-0.25, -0.2) is 4.79 Å². The number of nitrogens with zero attached hydrogens (tertiary/aromatic N) is 2. The van der Waals surface area contributed by atoms with Crippen LogP contribution >= 0.6 is 15.9 Å². The third-order valence-corrected chi connectivity index (χ3v) is 6.59. The number of aliphatic hydroxyl groups is 1. The van der Waals surface area contributed by atoms with Crippen LogP contribution in [0.25, 0.3) is 5.76 Å². The molecule has 2 heterocycles. The maximum absolute atomic E-state index is 13.1. The highest BCUT2D eigenvalue weighted by atomic mass is 79.9. The van der Waals surface area contributed by atoms with E-state index in [1.54, 1.807) is 48.5 Å². The van der Waals surface area contributed by atoms with Crippen LogP contribution in [0.5, 0.6) is 0 Å². The van der Waals surface area contributed by atoms with E-state index in [1.165, 1.54) is 12.0 Å². The standard InChI is InChI=1S/C25H25BrN2O6/c1-33-25(32)18-4-2-16(3-5-18)21-20(22(29)17-6-8-19(26)9-7-17)23(30)24(31)28(21)11-10-27-12-14-34-15-13-27/h2-9,21,29H,10-15H2,1H3. The van der Waals surface area contributed by atoms with Gasteiger partial charge >= 0.3 is 5.97 Å². The second kappa shape index (κ2) is 10.5. The van der Waals surface area contributed by atoms with E-state index in [4.69, 9.17) is 9.47 Å². The molecular weight excluding hydrogens is 504 g/mol. The molecule has 1 atom stereocenters. The Hall–Kier alpha value is -3.01. The van der Waals surface area contributed by atoms with Gasteiger partial charge in [-0.1, -0.05) is 40.2 Å². The van der Waals surface area contributed by atoms with Gasteiger partial charge in [-0.05, 0) is 29.8 Å². The Morgan fingerprint density at radius 2 is 1.65 bits per heavy atom. The minimum Gasteiger partial charge on any atom is -0.507 e. The molecule has 0 spiro atoms. The molecule has 4 rings (SSSR count). The van der Waals surface area contributed by atoms with Gasteiger partial charge in [-0.15, -0.1) is 0 Å². The molecule has 9 heteroatoms. The fourth-order valence-electron chi connectivity index (χ4n) is 4.21. The Balaban J connectivity index is 1.73. The Morgan fingerprint density at radius 1 is 1.03 bits per heavy atom. The van der Waals surface area contributed by atoms with Gasteiger partial charge in [0.05, 0.1) is 37.5 Å². The zero-order valence-corrected chi connectivity index (χ0v) is 20.3. The topological polar surface area (TPSA) is 96.4 Å². The normalized spacial score (nSPS) is 20.5. The molecule has 2 saturated heterocycles. The molecule has 8 nitrogen and oxygen atoms in total. The summed E-state index contributed by atoms with van der Waals surface area (Å²) in [6, 6.07) is 12.6. The van der Waals surface area contributed by atoms with Crippen LogP contribution in [0.3, 0.4) is 0 Å². The number of carbonyl (C=O) groups excluding carboxylic acids is 3. The largest absolute Gasteiger partial charge is 0.507 e. The zero-order chi connectivity index (χ0) is 24.2. The second-order valence-electron chi connectivity index (χ2n) is 8.07. The van der Waals surface area contributed by atoms with Crippen molar-refractivity contribution in [2.45, 2.75) is 6.04 Å². The van der Waals surface area contributed by atoms with Crippen LogP contribution in [0.2, 0.25) is 0 Å². The number of carbonyl (C=O) groups is 3. The van der Waals surface area contributed by atoms with Crippen molar-refractivity contribution in [2.75, 3.05) is 46.5 Å². The van der Waals surface area contributed by atoms with E-state index >= 15 is 0 Å². The Morgan fingerprint density at radius 3 is 2.26 bits per heavy atom. The minimum atomic E-state index is -0.781. The third-order valence-electron chi connectivity index (χ3n) is 6.07. The monoisotopic (exact) mass is 528 g/mol. The van der Waals surface area contributed by atoms with Crippen molar-refractivity contribution in [3.05, 3.63) is 75.3 Å². The fourth-order valence-corrected chi connectivity index (χ4v) is 4.48. The van der Waals surface area contributed by atoms with Crippen molar-refractivity contribution in [3.8, 4) is 0 Å². The van der Waals surface area contributed by atoms with E-state index in [2.05, 4.69) is 20.8 Å². The van der Waals surface area contributed by atoms with E-state index in [0.717, 1.165) is 17.6 Å². The number of Topliss-reactive ketones (excluding diaryl/α,β-unsaturated/α-hetero) is 1. The lowest BCUT2D eigenvalue weighted by atomic mass is 9.94. The molecule has 2 fully saturated rings. The lowest BCUT2D eigenvalue weighted by Crippen LogP contribution is -2.42. The van der Waals surface area contributed by atoms with Crippen molar-refractivity contribution in [3.63, 3.8) is 0 Å². The van der Waals surface area contributed by atoms with E-state index in [0.29, 0.717) is 43.0 Å². The summed E-state index contributed by atoms with van der Waals surface area (Å²) in [5, 5.41) is 11.1. The highest BCUT2D eigenvalue weighted by molar-refractivity contribution is 9.10. The first-order chi connectivity index (χ1) is 16.4. The molecule has 1 amide bonds. The summed E-state index contributed by atoms with van der Waals surface area (Å²) in [6.07, 6.45) is 0.